The van der Waals surface area contributed by atoms with E-state index < -0.39 is 15.8 Å². The predicted molar refractivity (Wildman–Crippen MR) is 75.6 cm³/mol. The molecule has 1 aliphatic rings. The lowest BCUT2D eigenvalue weighted by Gasteiger charge is -2.14. The molecule has 1 aromatic rings. The lowest BCUT2D eigenvalue weighted by molar-refractivity contribution is -0.133. The fourth-order valence-electron chi connectivity index (χ4n) is 2.12. The van der Waals surface area contributed by atoms with E-state index in [1.807, 2.05) is 0 Å². The minimum Gasteiger partial charge on any atom is -0.452 e. The van der Waals surface area contributed by atoms with Gasteiger partial charge in [0.2, 0.25) is 0 Å². The molecule has 0 spiro atoms. The van der Waals surface area contributed by atoms with Crippen molar-refractivity contribution in [1.82, 2.24) is 4.90 Å². The Kier molecular flexibility index (Phi) is 4.62. The SMILES string of the molecule is CS(=O)(=O)c1cccc(C(=O)OCC(=O)N2CCCC2)c1. The van der Waals surface area contributed by atoms with E-state index in [0.29, 0.717) is 13.1 Å². The minimum absolute atomic E-state index is 0.0443. The first kappa shape index (κ1) is 15.5. The van der Waals surface area contributed by atoms with Crippen LogP contribution in [0.2, 0.25) is 0 Å². The number of carbonyl (C=O) groups is 2. The van der Waals surface area contributed by atoms with Gasteiger partial charge in [0, 0.05) is 19.3 Å². The van der Waals surface area contributed by atoms with Crippen molar-refractivity contribution in [2.75, 3.05) is 26.0 Å². The number of carbonyl (C=O) groups excluding carboxylic acids is 2. The molecule has 0 unspecified atom stereocenters. The summed E-state index contributed by atoms with van der Waals surface area (Å²) in [6.45, 7) is 1.07. The molecule has 1 heterocycles. The van der Waals surface area contributed by atoms with Gasteiger partial charge in [-0.25, -0.2) is 13.2 Å². The van der Waals surface area contributed by atoms with Crippen LogP contribution in [-0.2, 0) is 19.4 Å². The zero-order chi connectivity index (χ0) is 15.5. The summed E-state index contributed by atoms with van der Waals surface area (Å²) in [5.41, 5.74) is 0.118. The molecule has 7 heteroatoms. The molecule has 6 nitrogen and oxygen atoms in total. The molecule has 1 aromatic carbocycles. The van der Waals surface area contributed by atoms with Gasteiger partial charge in [0.15, 0.2) is 16.4 Å². The van der Waals surface area contributed by atoms with Gasteiger partial charge in [0.05, 0.1) is 10.5 Å². The van der Waals surface area contributed by atoms with Crippen LogP contribution in [-0.4, -0.2) is 51.1 Å². The molecule has 0 aliphatic carbocycles. The minimum atomic E-state index is -3.39. The second-order valence-corrected chi connectivity index (χ2v) is 6.98. The average molecular weight is 311 g/mol. The van der Waals surface area contributed by atoms with Gasteiger partial charge in [-0.1, -0.05) is 6.07 Å². The maximum Gasteiger partial charge on any atom is 0.338 e. The molecule has 0 bridgehead atoms. The Hall–Kier alpha value is -1.89. The Morgan fingerprint density at radius 2 is 1.90 bits per heavy atom. The van der Waals surface area contributed by atoms with Gasteiger partial charge < -0.3 is 9.64 Å². The van der Waals surface area contributed by atoms with Crippen LogP contribution in [0.25, 0.3) is 0 Å². The predicted octanol–water partition coefficient (Wildman–Crippen LogP) is 0.869. The Labute approximate surface area is 123 Å². The molecule has 0 atom stereocenters. The Morgan fingerprint density at radius 3 is 2.52 bits per heavy atom. The summed E-state index contributed by atoms with van der Waals surface area (Å²) in [7, 11) is -3.39. The zero-order valence-electron chi connectivity index (χ0n) is 11.7. The zero-order valence-corrected chi connectivity index (χ0v) is 12.6. The fraction of sp³-hybridized carbons (Fsp3) is 0.429. The van der Waals surface area contributed by atoms with Crippen molar-refractivity contribution >= 4 is 21.7 Å². The van der Waals surface area contributed by atoms with E-state index in [2.05, 4.69) is 0 Å². The van der Waals surface area contributed by atoms with Crippen LogP contribution < -0.4 is 0 Å². The van der Waals surface area contributed by atoms with Gasteiger partial charge in [-0.15, -0.1) is 0 Å². The van der Waals surface area contributed by atoms with E-state index in [1.165, 1.54) is 24.3 Å². The van der Waals surface area contributed by atoms with Crippen molar-refractivity contribution in [1.29, 1.82) is 0 Å². The molecule has 2 rings (SSSR count). The summed E-state index contributed by atoms with van der Waals surface area (Å²) in [4.78, 5) is 25.3. The van der Waals surface area contributed by atoms with Gasteiger partial charge in [-0.05, 0) is 31.0 Å². The summed E-state index contributed by atoms with van der Waals surface area (Å²) in [5.74, 6) is -0.923. The molecule has 0 radical (unpaired) electrons. The number of hydrogen-bond donors (Lipinski definition) is 0. The topological polar surface area (TPSA) is 80.7 Å². The van der Waals surface area contributed by atoms with Gasteiger partial charge >= 0.3 is 5.97 Å². The molecule has 1 aliphatic heterocycles. The molecule has 114 valence electrons. The van der Waals surface area contributed by atoms with Gasteiger partial charge in [-0.3, -0.25) is 4.79 Å². The molecule has 1 fully saturated rings. The lowest BCUT2D eigenvalue weighted by atomic mass is 10.2. The Bertz CT molecular complexity index is 647. The highest BCUT2D eigenvalue weighted by Gasteiger charge is 2.20. The largest absolute Gasteiger partial charge is 0.452 e. The first-order valence-corrected chi connectivity index (χ1v) is 8.52. The van der Waals surface area contributed by atoms with E-state index >= 15 is 0 Å². The number of hydrogen-bond acceptors (Lipinski definition) is 5. The lowest BCUT2D eigenvalue weighted by Crippen LogP contribution is -2.32. The maximum atomic E-state index is 11.9. The third-order valence-corrected chi connectivity index (χ3v) is 4.39. The molecule has 1 saturated heterocycles. The van der Waals surface area contributed by atoms with Crippen molar-refractivity contribution < 1.29 is 22.7 Å². The molecule has 0 saturated carbocycles. The van der Waals surface area contributed by atoms with Crippen molar-refractivity contribution in [3.8, 4) is 0 Å². The molecule has 0 aromatic heterocycles. The molecule has 1 amide bonds. The van der Waals surface area contributed by atoms with Crippen LogP contribution in [0.1, 0.15) is 23.2 Å². The van der Waals surface area contributed by atoms with Crippen LogP contribution in [0, 0.1) is 0 Å². The Morgan fingerprint density at radius 1 is 1.24 bits per heavy atom. The summed E-state index contributed by atoms with van der Waals surface area (Å²) in [5, 5.41) is 0. The van der Waals surface area contributed by atoms with Gasteiger partial charge in [0.1, 0.15) is 0 Å². The van der Waals surface area contributed by atoms with Crippen LogP contribution >= 0.6 is 0 Å². The smallest absolute Gasteiger partial charge is 0.338 e. The Balaban J connectivity index is 1.99. The highest BCUT2D eigenvalue weighted by molar-refractivity contribution is 7.90. The number of likely N-dealkylation sites (tertiary alicyclic amines) is 1. The molecule has 0 N–H and O–H groups in total. The van der Waals surface area contributed by atoms with E-state index in [1.54, 1.807) is 4.90 Å². The highest BCUT2D eigenvalue weighted by Crippen LogP contribution is 2.13. The van der Waals surface area contributed by atoms with E-state index in [-0.39, 0.29) is 23.0 Å². The maximum absolute atomic E-state index is 11.9. The van der Waals surface area contributed by atoms with Gasteiger partial charge in [0.25, 0.3) is 5.91 Å². The first-order chi connectivity index (χ1) is 9.88. The van der Waals surface area contributed by atoms with E-state index in [4.69, 9.17) is 4.74 Å². The third-order valence-electron chi connectivity index (χ3n) is 3.28. The van der Waals surface area contributed by atoms with Crippen LogP contribution in [0.4, 0.5) is 0 Å². The number of amides is 1. The van der Waals surface area contributed by atoms with E-state index in [9.17, 15) is 18.0 Å². The van der Waals surface area contributed by atoms with Crippen molar-refractivity contribution in [3.63, 3.8) is 0 Å². The third kappa shape index (κ3) is 4.04. The summed E-state index contributed by atoms with van der Waals surface area (Å²) in [6.07, 6.45) is 3.00. The average Bonchev–Trinajstić information content (AvgIpc) is 2.98. The standard InChI is InChI=1S/C14H17NO5S/c1-21(18,19)12-6-4-5-11(9-12)14(17)20-10-13(16)15-7-2-3-8-15/h4-6,9H,2-3,7-8,10H2,1H3. The van der Waals surface area contributed by atoms with Crippen molar-refractivity contribution in [2.45, 2.75) is 17.7 Å². The van der Waals surface area contributed by atoms with Crippen molar-refractivity contribution in [3.05, 3.63) is 29.8 Å². The normalized spacial score (nSPS) is 15.0. The number of esters is 1. The summed E-state index contributed by atoms with van der Waals surface area (Å²) < 4.78 is 27.8. The van der Waals surface area contributed by atoms with E-state index in [0.717, 1.165) is 19.1 Å². The van der Waals surface area contributed by atoms with Crippen molar-refractivity contribution in [2.24, 2.45) is 0 Å². The molecule has 21 heavy (non-hydrogen) atoms. The monoisotopic (exact) mass is 311 g/mol. The number of rotatable bonds is 4. The number of nitrogens with zero attached hydrogens (tertiary/aromatic N) is 1. The second kappa shape index (κ2) is 6.26. The van der Waals surface area contributed by atoms with Crippen LogP contribution in [0.3, 0.4) is 0 Å². The first-order valence-electron chi connectivity index (χ1n) is 6.63. The van der Waals surface area contributed by atoms with Crippen LogP contribution in [0.5, 0.6) is 0 Å². The quantitative estimate of drug-likeness (QED) is 0.771. The number of benzene rings is 1. The van der Waals surface area contributed by atoms with Crippen LogP contribution in [0.15, 0.2) is 29.2 Å². The summed E-state index contributed by atoms with van der Waals surface area (Å²) in [6, 6.07) is 5.58. The summed E-state index contributed by atoms with van der Waals surface area (Å²) >= 11 is 0. The van der Waals surface area contributed by atoms with Gasteiger partial charge in [-0.2, -0.15) is 0 Å². The molecular formula is C14H17NO5S. The second-order valence-electron chi connectivity index (χ2n) is 4.96. The fourth-order valence-corrected chi connectivity index (χ4v) is 2.79. The number of ether oxygens (including phenoxy) is 1. The molecular weight excluding hydrogens is 294 g/mol. The highest BCUT2D eigenvalue weighted by atomic mass is 32.2. The number of sulfone groups is 1.